The van der Waals surface area contributed by atoms with Crippen molar-refractivity contribution >= 4 is 11.6 Å². The summed E-state index contributed by atoms with van der Waals surface area (Å²) in [7, 11) is 0. The molecule has 10 heteroatoms. The van der Waals surface area contributed by atoms with E-state index >= 15 is 0 Å². The molecule has 2 aliphatic heterocycles. The van der Waals surface area contributed by atoms with Crippen LogP contribution in [0.15, 0.2) is 45.8 Å². The van der Waals surface area contributed by atoms with E-state index in [9.17, 15) is 19.7 Å². The topological polar surface area (TPSA) is 127 Å². The van der Waals surface area contributed by atoms with Crippen molar-refractivity contribution in [2.24, 2.45) is 5.92 Å². The maximum absolute atomic E-state index is 13.0. The highest BCUT2D eigenvalue weighted by Gasteiger charge is 2.38. The molecule has 148 valence electrons. The molecule has 3 aromatic heterocycles. The number of rotatable bonds is 3. The van der Waals surface area contributed by atoms with Gasteiger partial charge in [0.25, 0.3) is 5.91 Å². The van der Waals surface area contributed by atoms with Crippen molar-refractivity contribution in [2.45, 2.75) is 18.9 Å². The number of likely N-dealkylation sites (tertiary alicyclic amines) is 1. The highest BCUT2D eigenvalue weighted by Crippen LogP contribution is 2.36. The highest BCUT2D eigenvalue weighted by atomic mass is 16.6. The molecule has 5 rings (SSSR count). The normalized spacial score (nSPS) is 20.3. The number of amides is 1. The maximum atomic E-state index is 13.0. The Balaban J connectivity index is 1.41. The Morgan fingerprint density at radius 1 is 1.28 bits per heavy atom. The lowest BCUT2D eigenvalue weighted by atomic mass is 9.83. The zero-order valence-corrected chi connectivity index (χ0v) is 15.3. The minimum absolute atomic E-state index is 0.0385. The van der Waals surface area contributed by atoms with Crippen LogP contribution in [-0.4, -0.2) is 43.6 Å². The van der Waals surface area contributed by atoms with Crippen molar-refractivity contribution in [3.05, 3.63) is 68.5 Å². The summed E-state index contributed by atoms with van der Waals surface area (Å²) in [5, 5.41) is 18.0. The molecule has 5 heterocycles. The number of nitro groups is 1. The number of carbonyl (C=O) groups is 1. The second-order valence-corrected chi connectivity index (χ2v) is 7.47. The molecular formula is C19H17N5O5. The van der Waals surface area contributed by atoms with Crippen LogP contribution in [0.4, 0.5) is 5.69 Å². The molecule has 1 N–H and O–H groups in total. The number of furan rings is 1. The number of hydrogen-bond acceptors (Lipinski definition) is 6. The number of nitrogens with one attached hydrogen (secondary N) is 1. The monoisotopic (exact) mass is 395 g/mol. The minimum Gasteiger partial charge on any atom is -0.463 e. The Bertz CT molecular complexity index is 1160. The van der Waals surface area contributed by atoms with Gasteiger partial charge >= 0.3 is 11.2 Å². The molecule has 0 aromatic carbocycles. The molecular weight excluding hydrogens is 378 g/mol. The third-order valence-corrected chi connectivity index (χ3v) is 5.65. The number of H-pyrrole nitrogens is 1. The van der Waals surface area contributed by atoms with Crippen LogP contribution in [0.5, 0.6) is 0 Å². The SMILES string of the molecule is O=C(c1cc(-c2ccco2)[nH]n1)N1CC2C[C@@H](C1)Cn1c2ccc([N+](=O)[O-])c1=O. The first-order valence-electron chi connectivity index (χ1n) is 9.28. The molecule has 0 spiro atoms. The van der Waals surface area contributed by atoms with Gasteiger partial charge in [-0.1, -0.05) is 0 Å². The van der Waals surface area contributed by atoms with E-state index in [0.29, 0.717) is 36.8 Å². The average molecular weight is 395 g/mol. The Kier molecular flexibility index (Phi) is 3.86. The summed E-state index contributed by atoms with van der Waals surface area (Å²) in [6.45, 7) is 1.29. The van der Waals surface area contributed by atoms with E-state index in [2.05, 4.69) is 10.2 Å². The van der Waals surface area contributed by atoms with E-state index in [1.54, 1.807) is 35.4 Å². The summed E-state index contributed by atoms with van der Waals surface area (Å²) >= 11 is 0. The van der Waals surface area contributed by atoms with E-state index in [1.165, 1.54) is 10.6 Å². The van der Waals surface area contributed by atoms with Gasteiger partial charge < -0.3 is 13.9 Å². The van der Waals surface area contributed by atoms with E-state index in [4.69, 9.17) is 4.42 Å². The fourth-order valence-corrected chi connectivity index (χ4v) is 4.39. The maximum Gasteiger partial charge on any atom is 0.334 e. The number of aromatic nitrogens is 3. The van der Waals surface area contributed by atoms with E-state index in [0.717, 1.165) is 12.1 Å². The summed E-state index contributed by atoms with van der Waals surface area (Å²) in [6, 6.07) is 8.10. The first-order valence-corrected chi connectivity index (χ1v) is 9.28. The van der Waals surface area contributed by atoms with Gasteiger partial charge in [0.2, 0.25) is 0 Å². The van der Waals surface area contributed by atoms with Gasteiger partial charge in [0, 0.05) is 43.4 Å². The van der Waals surface area contributed by atoms with Crippen LogP contribution in [0.3, 0.4) is 0 Å². The Morgan fingerprint density at radius 2 is 2.14 bits per heavy atom. The Morgan fingerprint density at radius 3 is 2.90 bits per heavy atom. The van der Waals surface area contributed by atoms with Crippen molar-refractivity contribution < 1.29 is 14.1 Å². The smallest absolute Gasteiger partial charge is 0.334 e. The number of nitrogens with zero attached hydrogens (tertiary/aromatic N) is 4. The zero-order chi connectivity index (χ0) is 20.1. The molecule has 1 amide bonds. The summed E-state index contributed by atoms with van der Waals surface area (Å²) in [6.07, 6.45) is 2.40. The second kappa shape index (κ2) is 6.43. The molecule has 3 aromatic rings. The predicted molar refractivity (Wildman–Crippen MR) is 100 cm³/mol. The largest absolute Gasteiger partial charge is 0.463 e. The fraction of sp³-hybridized carbons (Fsp3) is 0.316. The second-order valence-electron chi connectivity index (χ2n) is 7.47. The lowest BCUT2D eigenvalue weighted by Crippen LogP contribution is -2.49. The van der Waals surface area contributed by atoms with Crippen LogP contribution >= 0.6 is 0 Å². The van der Waals surface area contributed by atoms with Crippen molar-refractivity contribution in [1.29, 1.82) is 0 Å². The van der Waals surface area contributed by atoms with E-state index in [1.807, 2.05) is 0 Å². The molecule has 10 nitrogen and oxygen atoms in total. The zero-order valence-electron chi connectivity index (χ0n) is 15.3. The van der Waals surface area contributed by atoms with Gasteiger partial charge in [0.05, 0.1) is 11.2 Å². The number of aromatic amines is 1. The first-order chi connectivity index (χ1) is 14.0. The van der Waals surface area contributed by atoms with Gasteiger partial charge in [-0.05, 0) is 30.5 Å². The van der Waals surface area contributed by atoms with Gasteiger partial charge in [0.15, 0.2) is 11.5 Å². The summed E-state index contributed by atoms with van der Waals surface area (Å²) in [5.41, 5.74) is 0.686. The molecule has 2 bridgehead atoms. The van der Waals surface area contributed by atoms with Crippen LogP contribution in [0.2, 0.25) is 0 Å². The van der Waals surface area contributed by atoms with Crippen LogP contribution in [-0.2, 0) is 6.54 Å². The number of carbonyl (C=O) groups excluding carboxylic acids is 1. The Labute approximate surface area is 163 Å². The van der Waals surface area contributed by atoms with Crippen LogP contribution < -0.4 is 5.56 Å². The molecule has 1 saturated heterocycles. The van der Waals surface area contributed by atoms with Gasteiger partial charge in [-0.2, -0.15) is 5.10 Å². The van der Waals surface area contributed by atoms with Crippen molar-refractivity contribution in [3.8, 4) is 11.5 Å². The molecule has 29 heavy (non-hydrogen) atoms. The van der Waals surface area contributed by atoms with E-state index < -0.39 is 16.2 Å². The van der Waals surface area contributed by atoms with Crippen LogP contribution in [0.25, 0.3) is 11.5 Å². The third-order valence-electron chi connectivity index (χ3n) is 5.65. The summed E-state index contributed by atoms with van der Waals surface area (Å²) in [5.74, 6) is 0.435. The summed E-state index contributed by atoms with van der Waals surface area (Å²) in [4.78, 5) is 37.6. The van der Waals surface area contributed by atoms with Crippen molar-refractivity contribution in [1.82, 2.24) is 19.7 Å². The number of fused-ring (bicyclic) bond motifs is 4. The van der Waals surface area contributed by atoms with Gasteiger partial charge in [-0.3, -0.25) is 24.8 Å². The van der Waals surface area contributed by atoms with Crippen LogP contribution in [0, 0.1) is 16.0 Å². The van der Waals surface area contributed by atoms with E-state index in [-0.39, 0.29) is 17.7 Å². The quantitative estimate of drug-likeness (QED) is 0.534. The molecule has 0 saturated carbocycles. The molecule has 2 aliphatic rings. The number of piperidine rings is 1. The predicted octanol–water partition coefficient (Wildman–Crippen LogP) is 2.00. The lowest BCUT2D eigenvalue weighted by molar-refractivity contribution is -0.386. The van der Waals surface area contributed by atoms with Crippen molar-refractivity contribution in [3.63, 3.8) is 0 Å². The highest BCUT2D eigenvalue weighted by molar-refractivity contribution is 5.93. The summed E-state index contributed by atoms with van der Waals surface area (Å²) < 4.78 is 6.82. The number of pyridine rings is 1. The van der Waals surface area contributed by atoms with Crippen LogP contribution in [0.1, 0.15) is 28.5 Å². The lowest BCUT2D eigenvalue weighted by Gasteiger charge is -2.42. The third kappa shape index (κ3) is 2.84. The standard InChI is InChI=1S/C19H17N5O5/c25-18(14-7-13(20-21-14)17-2-1-5-29-17)22-8-11-6-12(10-22)15-3-4-16(24(27)28)19(26)23(15)9-11/h1-5,7,11-12H,6,8-10H2,(H,20,21)/t11-,12?/m0/s1. The minimum atomic E-state index is -0.649. The van der Waals surface area contributed by atoms with Gasteiger partial charge in [-0.25, -0.2) is 0 Å². The molecule has 0 aliphatic carbocycles. The van der Waals surface area contributed by atoms with Gasteiger partial charge in [0.1, 0.15) is 5.69 Å². The fourth-order valence-electron chi connectivity index (χ4n) is 4.39. The average Bonchev–Trinajstić information content (AvgIpc) is 3.39. The van der Waals surface area contributed by atoms with Gasteiger partial charge in [-0.15, -0.1) is 0 Å². The van der Waals surface area contributed by atoms with Crippen molar-refractivity contribution in [2.75, 3.05) is 13.1 Å². The molecule has 1 fully saturated rings. The molecule has 1 unspecified atom stereocenters. The number of hydrogen-bond donors (Lipinski definition) is 1. The molecule has 0 radical (unpaired) electrons. The Hall–Kier alpha value is -3.69. The molecule has 2 atom stereocenters. The first kappa shape index (κ1) is 17.4.